The van der Waals surface area contributed by atoms with Gasteiger partial charge in [-0.3, -0.25) is 0 Å². The van der Waals surface area contributed by atoms with Gasteiger partial charge in [-0.1, -0.05) is 44.5 Å². The van der Waals surface area contributed by atoms with Gasteiger partial charge in [0.05, 0.1) is 0 Å². The van der Waals surface area contributed by atoms with Crippen molar-refractivity contribution in [3.8, 4) is 0 Å². The fraction of sp³-hybridized carbons (Fsp3) is 0.625. The van der Waals surface area contributed by atoms with E-state index in [9.17, 15) is 0 Å². The van der Waals surface area contributed by atoms with E-state index in [4.69, 9.17) is 11.6 Å². The van der Waals surface area contributed by atoms with Gasteiger partial charge in [0.25, 0.3) is 0 Å². The predicted molar refractivity (Wildman–Crippen MR) is 81.3 cm³/mol. The molecule has 1 N–H and O–H groups in total. The minimum absolute atomic E-state index is 0.296. The minimum atomic E-state index is 0.296. The molecule has 0 fully saturated rings. The third-order valence-corrected chi connectivity index (χ3v) is 3.41. The second-order valence-electron chi connectivity index (χ2n) is 6.03. The summed E-state index contributed by atoms with van der Waals surface area (Å²) in [7, 11) is 0. The van der Waals surface area contributed by atoms with E-state index in [0.717, 1.165) is 18.0 Å². The summed E-state index contributed by atoms with van der Waals surface area (Å²) in [5.74, 6) is 0. The van der Waals surface area contributed by atoms with E-state index >= 15 is 0 Å². The van der Waals surface area contributed by atoms with Crippen LogP contribution in [0.25, 0.3) is 0 Å². The van der Waals surface area contributed by atoms with Crippen LogP contribution in [0.1, 0.15) is 46.1 Å². The monoisotopic (exact) mass is 267 g/mol. The van der Waals surface area contributed by atoms with Crippen molar-refractivity contribution in [1.29, 1.82) is 0 Å². The van der Waals surface area contributed by atoms with E-state index in [-0.39, 0.29) is 0 Å². The SMILES string of the molecule is CCCNC(C)CC(C)(C)Cc1cccc(Cl)c1. The van der Waals surface area contributed by atoms with Crippen LogP contribution in [-0.4, -0.2) is 12.6 Å². The average Bonchev–Trinajstić information content (AvgIpc) is 2.24. The molecule has 1 atom stereocenters. The van der Waals surface area contributed by atoms with Crippen molar-refractivity contribution in [3.05, 3.63) is 34.9 Å². The summed E-state index contributed by atoms with van der Waals surface area (Å²) >= 11 is 6.04. The lowest BCUT2D eigenvalue weighted by molar-refractivity contribution is 0.287. The Morgan fingerprint density at radius 2 is 2.06 bits per heavy atom. The lowest BCUT2D eigenvalue weighted by atomic mass is 9.80. The van der Waals surface area contributed by atoms with Gasteiger partial charge in [-0.2, -0.15) is 0 Å². The third kappa shape index (κ3) is 5.88. The Morgan fingerprint density at radius 1 is 1.33 bits per heavy atom. The first-order valence-electron chi connectivity index (χ1n) is 6.91. The molecule has 0 spiro atoms. The maximum atomic E-state index is 6.04. The Labute approximate surface area is 117 Å². The van der Waals surface area contributed by atoms with Crippen LogP contribution in [0.15, 0.2) is 24.3 Å². The standard InChI is InChI=1S/C16H26ClN/c1-5-9-18-13(2)11-16(3,4)12-14-7-6-8-15(17)10-14/h6-8,10,13,18H,5,9,11-12H2,1-4H3. The van der Waals surface area contributed by atoms with Gasteiger partial charge in [-0.05, 0) is 55.8 Å². The van der Waals surface area contributed by atoms with Crippen molar-refractivity contribution in [2.24, 2.45) is 5.41 Å². The summed E-state index contributed by atoms with van der Waals surface area (Å²) < 4.78 is 0. The number of hydrogen-bond acceptors (Lipinski definition) is 1. The highest BCUT2D eigenvalue weighted by atomic mass is 35.5. The van der Waals surface area contributed by atoms with Crippen molar-refractivity contribution in [2.75, 3.05) is 6.54 Å². The summed E-state index contributed by atoms with van der Waals surface area (Å²) in [6, 6.07) is 8.78. The molecule has 0 amide bonds. The molecule has 1 aromatic carbocycles. The van der Waals surface area contributed by atoms with Gasteiger partial charge in [0, 0.05) is 11.1 Å². The van der Waals surface area contributed by atoms with E-state index in [0.29, 0.717) is 11.5 Å². The summed E-state index contributed by atoms with van der Waals surface area (Å²) in [6.45, 7) is 10.2. The predicted octanol–water partition coefficient (Wildman–Crippen LogP) is 4.69. The molecule has 0 radical (unpaired) electrons. The Bertz CT molecular complexity index is 360. The maximum Gasteiger partial charge on any atom is 0.0408 e. The molecule has 0 aliphatic heterocycles. The summed E-state index contributed by atoms with van der Waals surface area (Å²) in [4.78, 5) is 0. The number of rotatable bonds is 7. The molecule has 0 bridgehead atoms. The highest BCUT2D eigenvalue weighted by Crippen LogP contribution is 2.28. The summed E-state index contributed by atoms with van der Waals surface area (Å²) in [5, 5.41) is 4.39. The van der Waals surface area contributed by atoms with Crippen molar-refractivity contribution >= 4 is 11.6 Å². The van der Waals surface area contributed by atoms with Gasteiger partial charge in [0.2, 0.25) is 0 Å². The van der Waals surface area contributed by atoms with Crippen LogP contribution in [0.4, 0.5) is 0 Å². The van der Waals surface area contributed by atoms with E-state index in [1.807, 2.05) is 12.1 Å². The van der Waals surface area contributed by atoms with Crippen LogP contribution in [0, 0.1) is 5.41 Å². The Balaban J connectivity index is 2.53. The third-order valence-electron chi connectivity index (χ3n) is 3.17. The lowest BCUT2D eigenvalue weighted by Crippen LogP contribution is -2.32. The molecule has 102 valence electrons. The van der Waals surface area contributed by atoms with Gasteiger partial charge < -0.3 is 5.32 Å². The molecule has 0 aliphatic carbocycles. The molecular weight excluding hydrogens is 242 g/mol. The second-order valence-corrected chi connectivity index (χ2v) is 6.47. The van der Waals surface area contributed by atoms with E-state index in [1.165, 1.54) is 18.4 Å². The average molecular weight is 268 g/mol. The first-order chi connectivity index (χ1) is 8.43. The molecule has 1 nitrogen and oxygen atoms in total. The number of benzene rings is 1. The molecule has 2 heteroatoms. The van der Waals surface area contributed by atoms with Crippen LogP contribution in [0.5, 0.6) is 0 Å². The van der Waals surface area contributed by atoms with E-state index in [1.54, 1.807) is 0 Å². The molecule has 0 saturated heterocycles. The van der Waals surface area contributed by atoms with E-state index in [2.05, 4.69) is 45.1 Å². The summed E-state index contributed by atoms with van der Waals surface area (Å²) in [6.07, 6.45) is 3.45. The van der Waals surface area contributed by atoms with Crippen LogP contribution in [0.3, 0.4) is 0 Å². The molecule has 0 saturated carbocycles. The Morgan fingerprint density at radius 3 is 2.67 bits per heavy atom. The molecule has 0 aliphatic rings. The first kappa shape index (κ1) is 15.5. The van der Waals surface area contributed by atoms with Gasteiger partial charge in [-0.25, -0.2) is 0 Å². The second kappa shape index (κ2) is 7.16. The Kier molecular flexibility index (Phi) is 6.17. The molecule has 18 heavy (non-hydrogen) atoms. The minimum Gasteiger partial charge on any atom is -0.314 e. The first-order valence-corrected chi connectivity index (χ1v) is 7.28. The quantitative estimate of drug-likeness (QED) is 0.756. The van der Waals surface area contributed by atoms with Crippen molar-refractivity contribution < 1.29 is 0 Å². The van der Waals surface area contributed by atoms with Crippen molar-refractivity contribution in [2.45, 2.75) is 53.0 Å². The van der Waals surface area contributed by atoms with Crippen LogP contribution >= 0.6 is 11.6 Å². The van der Waals surface area contributed by atoms with Gasteiger partial charge in [0.1, 0.15) is 0 Å². The number of nitrogens with one attached hydrogen (secondary N) is 1. The molecule has 1 rings (SSSR count). The maximum absolute atomic E-state index is 6.04. The zero-order chi connectivity index (χ0) is 13.6. The number of halogens is 1. The number of hydrogen-bond donors (Lipinski definition) is 1. The molecule has 0 aromatic heterocycles. The molecule has 1 unspecified atom stereocenters. The van der Waals surface area contributed by atoms with E-state index < -0.39 is 0 Å². The van der Waals surface area contributed by atoms with Crippen LogP contribution < -0.4 is 5.32 Å². The van der Waals surface area contributed by atoms with Gasteiger partial charge in [-0.15, -0.1) is 0 Å². The topological polar surface area (TPSA) is 12.0 Å². The highest BCUT2D eigenvalue weighted by molar-refractivity contribution is 6.30. The lowest BCUT2D eigenvalue weighted by Gasteiger charge is -2.29. The van der Waals surface area contributed by atoms with Crippen molar-refractivity contribution in [1.82, 2.24) is 5.32 Å². The smallest absolute Gasteiger partial charge is 0.0408 e. The molecular formula is C16H26ClN. The largest absolute Gasteiger partial charge is 0.314 e. The molecule has 1 aromatic rings. The zero-order valence-corrected chi connectivity index (χ0v) is 12.8. The Hall–Kier alpha value is -0.530. The molecule has 0 heterocycles. The van der Waals surface area contributed by atoms with Crippen LogP contribution in [0.2, 0.25) is 5.02 Å². The fourth-order valence-electron chi connectivity index (χ4n) is 2.56. The zero-order valence-electron chi connectivity index (χ0n) is 12.1. The van der Waals surface area contributed by atoms with Crippen molar-refractivity contribution in [3.63, 3.8) is 0 Å². The fourth-order valence-corrected chi connectivity index (χ4v) is 2.78. The van der Waals surface area contributed by atoms with Crippen LogP contribution in [-0.2, 0) is 6.42 Å². The summed E-state index contributed by atoms with van der Waals surface area (Å²) in [5.41, 5.74) is 1.63. The van der Waals surface area contributed by atoms with Gasteiger partial charge in [0.15, 0.2) is 0 Å². The van der Waals surface area contributed by atoms with Gasteiger partial charge >= 0.3 is 0 Å². The highest BCUT2D eigenvalue weighted by Gasteiger charge is 2.21. The normalized spacial score (nSPS) is 13.6.